The lowest BCUT2D eigenvalue weighted by Crippen LogP contribution is -2.21. The lowest BCUT2D eigenvalue weighted by Gasteiger charge is -2.05. The van der Waals surface area contributed by atoms with Gasteiger partial charge in [0.25, 0.3) is 5.69 Å². The quantitative estimate of drug-likeness (QED) is 0.210. The van der Waals surface area contributed by atoms with E-state index in [2.05, 4.69) is 10.5 Å². The van der Waals surface area contributed by atoms with E-state index >= 15 is 0 Å². The SMILES string of the molecule is O=C([O-])c1ccc(N/N=C\c2cccc(OC(=O)c3cccc([N+](=O)[O-])c3)c2)cc1. The van der Waals surface area contributed by atoms with Crippen molar-refractivity contribution in [1.82, 2.24) is 0 Å². The minimum absolute atomic E-state index is 0.0581. The highest BCUT2D eigenvalue weighted by molar-refractivity contribution is 5.92. The number of ether oxygens (including phenoxy) is 1. The van der Waals surface area contributed by atoms with Gasteiger partial charge in [-0.15, -0.1) is 0 Å². The van der Waals surface area contributed by atoms with Gasteiger partial charge in [-0.05, 0) is 41.5 Å². The summed E-state index contributed by atoms with van der Waals surface area (Å²) in [5.41, 5.74) is 3.86. The van der Waals surface area contributed by atoms with Crippen LogP contribution >= 0.6 is 0 Å². The second-order valence-electron chi connectivity index (χ2n) is 6.00. The lowest BCUT2D eigenvalue weighted by atomic mass is 10.2. The number of nitro groups is 1. The third-order valence-electron chi connectivity index (χ3n) is 3.89. The number of carbonyl (C=O) groups excluding carboxylic acids is 2. The summed E-state index contributed by atoms with van der Waals surface area (Å²) in [7, 11) is 0. The Morgan fingerprint density at radius 1 is 0.967 bits per heavy atom. The molecule has 30 heavy (non-hydrogen) atoms. The van der Waals surface area contributed by atoms with E-state index in [1.165, 1.54) is 36.5 Å². The number of carboxylic acid groups (broad SMARTS) is 1. The number of nitrogens with one attached hydrogen (secondary N) is 1. The van der Waals surface area contributed by atoms with E-state index in [1.807, 2.05) is 0 Å². The molecule has 0 aliphatic carbocycles. The molecular formula is C21H14N3O6-. The maximum absolute atomic E-state index is 12.2. The number of benzene rings is 3. The molecule has 0 aliphatic rings. The first kappa shape index (κ1) is 20.2. The molecule has 0 fully saturated rings. The number of aromatic carboxylic acids is 1. The molecule has 0 aliphatic heterocycles. The van der Waals surface area contributed by atoms with Gasteiger partial charge in [0.2, 0.25) is 0 Å². The van der Waals surface area contributed by atoms with Gasteiger partial charge in [-0.3, -0.25) is 15.5 Å². The predicted octanol–water partition coefficient (Wildman–Crippen LogP) is 2.62. The maximum Gasteiger partial charge on any atom is 0.343 e. The van der Waals surface area contributed by atoms with E-state index in [1.54, 1.807) is 36.4 Å². The van der Waals surface area contributed by atoms with Gasteiger partial charge in [-0.1, -0.05) is 30.3 Å². The number of hydrogen-bond acceptors (Lipinski definition) is 8. The van der Waals surface area contributed by atoms with Crippen molar-refractivity contribution in [3.05, 3.63) is 99.6 Å². The summed E-state index contributed by atoms with van der Waals surface area (Å²) in [6.45, 7) is 0. The van der Waals surface area contributed by atoms with Gasteiger partial charge in [0.15, 0.2) is 0 Å². The largest absolute Gasteiger partial charge is 0.545 e. The molecule has 0 atom stereocenters. The summed E-state index contributed by atoms with van der Waals surface area (Å²) in [6.07, 6.45) is 1.48. The molecule has 0 unspecified atom stereocenters. The number of esters is 1. The fourth-order valence-electron chi connectivity index (χ4n) is 2.43. The van der Waals surface area contributed by atoms with Crippen LogP contribution in [0.15, 0.2) is 77.9 Å². The van der Waals surface area contributed by atoms with Gasteiger partial charge in [0.05, 0.1) is 28.4 Å². The van der Waals surface area contributed by atoms with Gasteiger partial charge < -0.3 is 14.6 Å². The number of rotatable bonds is 7. The van der Waals surface area contributed by atoms with Crippen LogP contribution in [0.1, 0.15) is 26.3 Å². The Hall–Kier alpha value is -4.53. The number of hydrazone groups is 1. The Morgan fingerprint density at radius 2 is 1.70 bits per heavy atom. The molecule has 0 spiro atoms. The highest BCUT2D eigenvalue weighted by atomic mass is 16.6. The zero-order chi connectivity index (χ0) is 21.5. The van der Waals surface area contributed by atoms with Crippen molar-refractivity contribution in [3.8, 4) is 5.75 Å². The molecule has 150 valence electrons. The average molecular weight is 404 g/mol. The van der Waals surface area contributed by atoms with E-state index in [0.29, 0.717) is 11.3 Å². The number of carbonyl (C=O) groups is 2. The number of carboxylic acids is 1. The number of nitro benzene ring substituents is 1. The molecule has 0 saturated carbocycles. The van der Waals surface area contributed by atoms with Crippen LogP contribution < -0.4 is 15.3 Å². The second-order valence-corrected chi connectivity index (χ2v) is 6.00. The Labute approximate surface area is 170 Å². The van der Waals surface area contributed by atoms with Crippen molar-refractivity contribution in [2.75, 3.05) is 5.43 Å². The molecule has 0 saturated heterocycles. The van der Waals surface area contributed by atoms with Gasteiger partial charge in [0, 0.05) is 12.1 Å². The van der Waals surface area contributed by atoms with Crippen LogP contribution in [0.3, 0.4) is 0 Å². The van der Waals surface area contributed by atoms with Crippen LogP contribution in [0.25, 0.3) is 0 Å². The van der Waals surface area contributed by atoms with E-state index in [4.69, 9.17) is 4.74 Å². The molecule has 0 bridgehead atoms. The molecule has 0 aromatic heterocycles. The van der Waals surface area contributed by atoms with Crippen LogP contribution in [0.4, 0.5) is 11.4 Å². The highest BCUT2D eigenvalue weighted by Gasteiger charge is 2.13. The van der Waals surface area contributed by atoms with Gasteiger partial charge >= 0.3 is 5.97 Å². The Bertz CT molecular complexity index is 1130. The zero-order valence-electron chi connectivity index (χ0n) is 15.3. The Kier molecular flexibility index (Phi) is 6.14. The molecule has 3 rings (SSSR count). The van der Waals surface area contributed by atoms with Crippen LogP contribution in [-0.2, 0) is 0 Å². The molecule has 0 heterocycles. The normalized spacial score (nSPS) is 10.5. The molecule has 0 radical (unpaired) electrons. The summed E-state index contributed by atoms with van der Waals surface area (Å²) in [5, 5.41) is 25.6. The van der Waals surface area contributed by atoms with Crippen molar-refractivity contribution < 1.29 is 24.4 Å². The van der Waals surface area contributed by atoms with Crippen molar-refractivity contribution >= 4 is 29.5 Å². The molecule has 9 heteroatoms. The lowest BCUT2D eigenvalue weighted by molar-refractivity contribution is -0.384. The molecule has 0 amide bonds. The van der Waals surface area contributed by atoms with Gasteiger partial charge in [-0.25, -0.2) is 4.79 Å². The van der Waals surface area contributed by atoms with Crippen LogP contribution in [0.2, 0.25) is 0 Å². The van der Waals surface area contributed by atoms with Crippen molar-refractivity contribution in [1.29, 1.82) is 0 Å². The average Bonchev–Trinajstić information content (AvgIpc) is 2.74. The van der Waals surface area contributed by atoms with Crippen molar-refractivity contribution in [3.63, 3.8) is 0 Å². The summed E-state index contributed by atoms with van der Waals surface area (Å²) in [4.78, 5) is 33.2. The van der Waals surface area contributed by atoms with Gasteiger partial charge in [-0.2, -0.15) is 5.10 Å². The van der Waals surface area contributed by atoms with Crippen LogP contribution in [0, 0.1) is 10.1 Å². The van der Waals surface area contributed by atoms with Crippen molar-refractivity contribution in [2.24, 2.45) is 5.10 Å². The number of non-ortho nitro benzene ring substituents is 1. The molecule has 9 nitrogen and oxygen atoms in total. The zero-order valence-corrected chi connectivity index (χ0v) is 15.3. The Balaban J connectivity index is 1.65. The third-order valence-corrected chi connectivity index (χ3v) is 3.89. The van der Waals surface area contributed by atoms with Crippen LogP contribution in [-0.4, -0.2) is 23.1 Å². The van der Waals surface area contributed by atoms with Crippen molar-refractivity contribution in [2.45, 2.75) is 0 Å². The van der Waals surface area contributed by atoms with E-state index in [-0.39, 0.29) is 22.6 Å². The predicted molar refractivity (Wildman–Crippen MR) is 106 cm³/mol. The molecule has 3 aromatic carbocycles. The smallest absolute Gasteiger partial charge is 0.343 e. The molecule has 3 aromatic rings. The van der Waals surface area contributed by atoms with E-state index in [0.717, 1.165) is 6.07 Å². The van der Waals surface area contributed by atoms with E-state index in [9.17, 15) is 24.8 Å². The molecule has 1 N–H and O–H groups in total. The fourth-order valence-corrected chi connectivity index (χ4v) is 2.43. The van der Waals surface area contributed by atoms with Crippen LogP contribution in [0.5, 0.6) is 5.75 Å². The minimum Gasteiger partial charge on any atom is -0.545 e. The topological polar surface area (TPSA) is 134 Å². The minimum atomic E-state index is -1.26. The number of nitrogens with zero attached hydrogens (tertiary/aromatic N) is 2. The van der Waals surface area contributed by atoms with Gasteiger partial charge in [0.1, 0.15) is 5.75 Å². The first-order valence-electron chi connectivity index (χ1n) is 8.59. The number of anilines is 1. The third kappa shape index (κ3) is 5.26. The first-order valence-corrected chi connectivity index (χ1v) is 8.59. The monoisotopic (exact) mass is 404 g/mol. The second kappa shape index (κ2) is 9.11. The summed E-state index contributed by atoms with van der Waals surface area (Å²) < 4.78 is 5.27. The first-order chi connectivity index (χ1) is 14.4. The standard InChI is InChI=1S/C21H15N3O6/c25-20(26)15-7-9-17(10-8-15)23-22-13-14-3-1-6-19(11-14)30-21(27)16-4-2-5-18(12-16)24(28)29/h1-13,23H,(H,25,26)/p-1/b22-13-. The number of hydrogen-bond donors (Lipinski definition) is 1. The van der Waals surface area contributed by atoms with E-state index < -0.39 is 16.9 Å². The highest BCUT2D eigenvalue weighted by Crippen LogP contribution is 2.18. The molecular weight excluding hydrogens is 390 g/mol. The Morgan fingerprint density at radius 3 is 2.40 bits per heavy atom. The maximum atomic E-state index is 12.2. The fraction of sp³-hybridized carbons (Fsp3) is 0. The summed E-state index contributed by atoms with van der Waals surface area (Å²) in [6, 6.07) is 17.6. The summed E-state index contributed by atoms with van der Waals surface area (Å²) in [5.74, 6) is -1.74. The summed E-state index contributed by atoms with van der Waals surface area (Å²) >= 11 is 0.